The van der Waals surface area contributed by atoms with Crippen molar-refractivity contribution in [1.82, 2.24) is 24.5 Å². The number of hydrogen-bond donors (Lipinski definition) is 1. The number of amides is 1. The molecule has 1 aromatic heterocycles. The van der Waals surface area contributed by atoms with Crippen LogP contribution in [0.25, 0.3) is 11.4 Å². The van der Waals surface area contributed by atoms with E-state index in [-0.39, 0.29) is 17.2 Å². The van der Waals surface area contributed by atoms with Crippen LogP contribution in [-0.2, 0) is 21.4 Å². The summed E-state index contributed by atoms with van der Waals surface area (Å²) in [5, 5.41) is 15.1. The summed E-state index contributed by atoms with van der Waals surface area (Å²) in [6.45, 7) is 0.447. The van der Waals surface area contributed by atoms with Crippen molar-refractivity contribution in [2.75, 3.05) is 19.4 Å². The van der Waals surface area contributed by atoms with Crippen LogP contribution in [0.2, 0.25) is 0 Å². The lowest BCUT2D eigenvalue weighted by Crippen LogP contribution is -2.22. The van der Waals surface area contributed by atoms with Gasteiger partial charge in [0.1, 0.15) is 0 Å². The minimum absolute atomic E-state index is 0.126. The molecule has 0 radical (unpaired) electrons. The third-order valence-corrected chi connectivity index (χ3v) is 5.95. The molecule has 3 rings (SSSR count). The molecule has 0 aliphatic carbocycles. The number of carbonyl (C=O) groups is 1. The van der Waals surface area contributed by atoms with Crippen LogP contribution in [0.5, 0.6) is 0 Å². The van der Waals surface area contributed by atoms with Gasteiger partial charge < -0.3 is 5.32 Å². The van der Waals surface area contributed by atoms with Gasteiger partial charge in [0.05, 0.1) is 11.4 Å². The molecule has 1 amide bonds. The lowest BCUT2D eigenvalue weighted by Gasteiger charge is -2.12. The van der Waals surface area contributed by atoms with Crippen LogP contribution in [0.4, 0.5) is 5.69 Å². The van der Waals surface area contributed by atoms with Crippen LogP contribution in [-0.4, -0.2) is 52.9 Å². The van der Waals surface area contributed by atoms with Gasteiger partial charge in [0.15, 0.2) is 0 Å². The number of aryl methyl sites for hydroxylation is 1. The summed E-state index contributed by atoms with van der Waals surface area (Å²) in [5.41, 5.74) is 1.31. The average molecular weight is 414 g/mol. The highest BCUT2D eigenvalue weighted by Gasteiger charge is 2.17. The standard InChI is InChI=1S/C19H22N6O3S/c1-24(2)29(27,28)17-11-6-10-16(14-17)20-18(26)12-7-13-25-22-19(21-23-25)15-8-4-3-5-9-15/h3-6,8-11,14H,7,12-13H2,1-2H3,(H,20,26). The molecule has 0 saturated carbocycles. The molecular weight excluding hydrogens is 392 g/mol. The smallest absolute Gasteiger partial charge is 0.242 e. The molecular formula is C19H22N6O3S. The van der Waals surface area contributed by atoms with Crippen molar-refractivity contribution in [3.63, 3.8) is 0 Å². The molecule has 10 heteroatoms. The van der Waals surface area contributed by atoms with E-state index in [1.54, 1.807) is 12.1 Å². The van der Waals surface area contributed by atoms with Crippen molar-refractivity contribution < 1.29 is 13.2 Å². The van der Waals surface area contributed by atoms with Crippen LogP contribution in [0, 0.1) is 0 Å². The molecule has 0 atom stereocenters. The Labute approximate surface area is 169 Å². The number of carbonyl (C=O) groups excluding carboxylic acids is 1. The molecule has 0 aliphatic rings. The van der Waals surface area contributed by atoms with E-state index >= 15 is 0 Å². The molecule has 0 aliphatic heterocycles. The molecule has 0 unspecified atom stereocenters. The van der Waals surface area contributed by atoms with Crippen molar-refractivity contribution in [1.29, 1.82) is 0 Å². The van der Waals surface area contributed by atoms with E-state index in [2.05, 4.69) is 20.7 Å². The summed E-state index contributed by atoms with van der Waals surface area (Å²) in [6.07, 6.45) is 0.763. The first kappa shape index (κ1) is 20.6. The highest BCUT2D eigenvalue weighted by molar-refractivity contribution is 7.89. The Hall–Kier alpha value is -3.11. The highest BCUT2D eigenvalue weighted by atomic mass is 32.2. The van der Waals surface area contributed by atoms with Crippen LogP contribution >= 0.6 is 0 Å². The maximum absolute atomic E-state index is 12.2. The van der Waals surface area contributed by atoms with E-state index in [1.807, 2.05) is 30.3 Å². The zero-order valence-corrected chi connectivity index (χ0v) is 17.0. The van der Waals surface area contributed by atoms with Gasteiger partial charge in [0, 0.05) is 31.8 Å². The Morgan fingerprint density at radius 2 is 1.86 bits per heavy atom. The second-order valence-corrected chi connectivity index (χ2v) is 8.69. The van der Waals surface area contributed by atoms with Gasteiger partial charge in [-0.25, -0.2) is 12.7 Å². The summed E-state index contributed by atoms with van der Waals surface area (Å²) >= 11 is 0. The summed E-state index contributed by atoms with van der Waals surface area (Å²) in [7, 11) is -0.633. The molecule has 3 aromatic rings. The van der Waals surface area contributed by atoms with E-state index in [9.17, 15) is 13.2 Å². The summed E-state index contributed by atoms with van der Waals surface area (Å²) < 4.78 is 25.5. The molecule has 0 bridgehead atoms. The predicted octanol–water partition coefficient (Wildman–Crippen LogP) is 2.01. The third-order valence-electron chi connectivity index (χ3n) is 4.14. The Morgan fingerprint density at radius 3 is 2.59 bits per heavy atom. The van der Waals surface area contributed by atoms with Crippen LogP contribution in [0.1, 0.15) is 12.8 Å². The number of nitrogens with one attached hydrogen (secondary N) is 1. The number of tetrazole rings is 1. The van der Waals surface area contributed by atoms with Crippen LogP contribution in [0.15, 0.2) is 59.5 Å². The van der Waals surface area contributed by atoms with E-state index < -0.39 is 10.0 Å². The van der Waals surface area contributed by atoms with Gasteiger partial charge in [0.2, 0.25) is 21.8 Å². The van der Waals surface area contributed by atoms with Crippen LogP contribution in [0.3, 0.4) is 0 Å². The molecule has 0 saturated heterocycles. The molecule has 152 valence electrons. The third kappa shape index (κ3) is 5.24. The zero-order valence-electron chi connectivity index (χ0n) is 16.2. The molecule has 0 fully saturated rings. The second-order valence-electron chi connectivity index (χ2n) is 6.54. The maximum atomic E-state index is 12.2. The molecule has 2 aromatic carbocycles. The Kier molecular flexibility index (Phi) is 6.35. The summed E-state index contributed by atoms with van der Waals surface area (Å²) in [5.74, 6) is 0.321. The molecule has 9 nitrogen and oxygen atoms in total. The fourth-order valence-electron chi connectivity index (χ4n) is 2.59. The van der Waals surface area contributed by atoms with E-state index in [0.29, 0.717) is 24.5 Å². The summed E-state index contributed by atoms with van der Waals surface area (Å²) in [6, 6.07) is 15.7. The number of aromatic nitrogens is 4. The number of rotatable bonds is 8. The zero-order chi connectivity index (χ0) is 20.9. The van der Waals surface area contributed by atoms with Gasteiger partial charge in [-0.2, -0.15) is 4.80 Å². The number of benzene rings is 2. The summed E-state index contributed by atoms with van der Waals surface area (Å²) in [4.78, 5) is 13.8. The van der Waals surface area contributed by atoms with Gasteiger partial charge >= 0.3 is 0 Å². The Morgan fingerprint density at radius 1 is 1.10 bits per heavy atom. The number of sulfonamides is 1. The number of hydrogen-bond acceptors (Lipinski definition) is 6. The Bertz CT molecular complexity index is 1080. The van der Waals surface area contributed by atoms with E-state index in [0.717, 1.165) is 9.87 Å². The monoisotopic (exact) mass is 414 g/mol. The lowest BCUT2D eigenvalue weighted by molar-refractivity contribution is -0.116. The maximum Gasteiger partial charge on any atom is 0.242 e. The number of anilines is 1. The van der Waals surface area contributed by atoms with Crippen molar-refractivity contribution >= 4 is 21.6 Å². The predicted molar refractivity (Wildman–Crippen MR) is 108 cm³/mol. The van der Waals surface area contributed by atoms with Gasteiger partial charge in [0.25, 0.3) is 0 Å². The van der Waals surface area contributed by atoms with Crippen molar-refractivity contribution in [3.8, 4) is 11.4 Å². The van der Waals surface area contributed by atoms with Gasteiger partial charge in [-0.3, -0.25) is 4.79 Å². The second kappa shape index (κ2) is 8.93. The highest BCUT2D eigenvalue weighted by Crippen LogP contribution is 2.18. The fourth-order valence-corrected chi connectivity index (χ4v) is 3.54. The van der Waals surface area contributed by atoms with E-state index in [4.69, 9.17) is 0 Å². The first-order valence-corrected chi connectivity index (χ1v) is 10.5. The largest absolute Gasteiger partial charge is 0.326 e. The lowest BCUT2D eigenvalue weighted by atomic mass is 10.2. The topological polar surface area (TPSA) is 110 Å². The van der Waals surface area contributed by atoms with Crippen LogP contribution < -0.4 is 5.32 Å². The number of nitrogens with zero attached hydrogens (tertiary/aromatic N) is 5. The minimum Gasteiger partial charge on any atom is -0.326 e. The van der Waals surface area contributed by atoms with Gasteiger partial charge in [-0.1, -0.05) is 36.4 Å². The van der Waals surface area contributed by atoms with Crippen molar-refractivity contribution in [3.05, 3.63) is 54.6 Å². The average Bonchev–Trinajstić information content (AvgIpc) is 3.17. The first-order valence-electron chi connectivity index (χ1n) is 9.02. The molecule has 1 N–H and O–H groups in total. The first-order chi connectivity index (χ1) is 13.9. The normalized spacial score (nSPS) is 11.6. The quantitative estimate of drug-likeness (QED) is 0.604. The van der Waals surface area contributed by atoms with Crippen molar-refractivity contribution in [2.45, 2.75) is 24.3 Å². The van der Waals surface area contributed by atoms with Gasteiger partial charge in [-0.15, -0.1) is 10.2 Å². The Balaban J connectivity index is 1.53. The molecule has 1 heterocycles. The van der Waals surface area contributed by atoms with E-state index in [1.165, 1.54) is 31.0 Å². The molecule has 0 spiro atoms. The SMILES string of the molecule is CN(C)S(=O)(=O)c1cccc(NC(=O)CCCn2nnc(-c3ccccc3)n2)c1. The fraction of sp³-hybridized carbons (Fsp3) is 0.263. The van der Waals surface area contributed by atoms with Gasteiger partial charge in [-0.05, 0) is 29.8 Å². The van der Waals surface area contributed by atoms with Crippen molar-refractivity contribution in [2.24, 2.45) is 0 Å². The minimum atomic E-state index is -3.55. The molecule has 29 heavy (non-hydrogen) atoms.